The summed E-state index contributed by atoms with van der Waals surface area (Å²) in [5.41, 5.74) is 4.64. The van der Waals surface area contributed by atoms with Crippen molar-refractivity contribution in [3.05, 3.63) is 35.9 Å². The fourth-order valence-electron chi connectivity index (χ4n) is 2.30. The van der Waals surface area contributed by atoms with Crippen molar-refractivity contribution in [2.45, 2.75) is 24.9 Å². The number of likely N-dealkylation sites (tertiary alicyclic amines) is 1. The Hall–Kier alpha value is -1.88. The van der Waals surface area contributed by atoms with Crippen LogP contribution in [0.3, 0.4) is 0 Å². The maximum Gasteiger partial charge on any atom is 0.286 e. The van der Waals surface area contributed by atoms with Crippen molar-refractivity contribution in [3.8, 4) is 0 Å². The summed E-state index contributed by atoms with van der Waals surface area (Å²) in [5, 5.41) is 11.0. The van der Waals surface area contributed by atoms with Crippen molar-refractivity contribution < 1.29 is 20.4 Å². The van der Waals surface area contributed by atoms with E-state index < -0.39 is 18.1 Å². The van der Waals surface area contributed by atoms with Gasteiger partial charge in [0.25, 0.3) is 5.91 Å². The first-order valence-electron chi connectivity index (χ1n) is 6.00. The van der Waals surface area contributed by atoms with Crippen LogP contribution in [0.4, 0.5) is 0 Å². The number of carbonyl (C=O) groups excluding carboxylic acids is 2. The number of carboxylic acids is 1. The molecule has 0 aromatic heterocycles. The van der Waals surface area contributed by atoms with Gasteiger partial charge in [0.05, 0.1) is 12.0 Å². The molecule has 0 saturated carbocycles. The van der Waals surface area contributed by atoms with Crippen LogP contribution in [0.5, 0.6) is 0 Å². The number of quaternary nitrogens is 1. The summed E-state index contributed by atoms with van der Waals surface area (Å²) in [7, 11) is 0. The van der Waals surface area contributed by atoms with E-state index in [0.717, 1.165) is 5.56 Å². The zero-order chi connectivity index (χ0) is 13.1. The van der Waals surface area contributed by atoms with Gasteiger partial charge in [0.2, 0.25) is 0 Å². The summed E-state index contributed by atoms with van der Waals surface area (Å²) < 4.78 is 0. The summed E-state index contributed by atoms with van der Waals surface area (Å²) in [6, 6.07) is 7.80. The van der Waals surface area contributed by atoms with Crippen molar-refractivity contribution >= 4 is 11.9 Å². The standard InChI is InChI=1S/C13H16N2O3/c14-11(9-5-2-1-3-6-9)12(16)15-8-4-7-10(15)13(17)18/h1-3,5-6,10-11H,4,7-8,14H2,(H,17,18)/t10-,11+/m0/s1. The smallest absolute Gasteiger partial charge is 0.286 e. The van der Waals surface area contributed by atoms with Gasteiger partial charge in [0.15, 0.2) is 6.04 Å². The Morgan fingerprint density at radius 3 is 2.61 bits per heavy atom. The van der Waals surface area contributed by atoms with Crippen LogP contribution in [-0.4, -0.2) is 29.4 Å². The summed E-state index contributed by atoms with van der Waals surface area (Å²) in [6.07, 6.45) is 1.17. The number of carboxylic acid groups (broad SMARTS) is 1. The third kappa shape index (κ3) is 2.36. The van der Waals surface area contributed by atoms with Gasteiger partial charge in [-0.1, -0.05) is 30.3 Å². The maximum atomic E-state index is 12.2. The largest absolute Gasteiger partial charge is 0.548 e. The summed E-state index contributed by atoms with van der Waals surface area (Å²) in [5.74, 6) is -1.42. The van der Waals surface area contributed by atoms with Gasteiger partial charge in [0.1, 0.15) is 0 Å². The molecule has 0 spiro atoms. The van der Waals surface area contributed by atoms with Crippen LogP contribution in [-0.2, 0) is 9.59 Å². The third-order valence-electron chi connectivity index (χ3n) is 3.31. The van der Waals surface area contributed by atoms with Crippen LogP contribution in [0, 0.1) is 0 Å². The number of hydrogen-bond acceptors (Lipinski definition) is 3. The Balaban J connectivity index is 2.14. The molecule has 0 radical (unpaired) electrons. The van der Waals surface area contributed by atoms with Gasteiger partial charge in [0, 0.05) is 12.1 Å². The van der Waals surface area contributed by atoms with Crippen molar-refractivity contribution in [1.29, 1.82) is 0 Å². The van der Waals surface area contributed by atoms with Gasteiger partial charge in [-0.3, -0.25) is 4.79 Å². The van der Waals surface area contributed by atoms with Gasteiger partial charge in [-0.15, -0.1) is 0 Å². The summed E-state index contributed by atoms with van der Waals surface area (Å²) in [6.45, 7) is 0.469. The number of aliphatic carboxylic acids is 1. The molecule has 2 atom stereocenters. The Kier molecular flexibility index (Phi) is 3.62. The Morgan fingerprint density at radius 1 is 1.33 bits per heavy atom. The zero-order valence-corrected chi connectivity index (χ0v) is 10.0. The molecule has 1 aliphatic heterocycles. The normalized spacial score (nSPS) is 20.7. The lowest BCUT2D eigenvalue weighted by atomic mass is 10.1. The Bertz CT molecular complexity index is 447. The second-order valence-corrected chi connectivity index (χ2v) is 4.47. The van der Waals surface area contributed by atoms with Crippen LogP contribution in [0.2, 0.25) is 0 Å². The number of nitrogens with zero attached hydrogens (tertiary/aromatic N) is 1. The maximum absolute atomic E-state index is 12.2. The minimum atomic E-state index is -1.18. The van der Waals surface area contributed by atoms with E-state index in [4.69, 9.17) is 0 Å². The van der Waals surface area contributed by atoms with E-state index in [1.54, 1.807) is 0 Å². The monoisotopic (exact) mass is 248 g/mol. The second kappa shape index (κ2) is 5.18. The summed E-state index contributed by atoms with van der Waals surface area (Å²) in [4.78, 5) is 24.6. The average Bonchev–Trinajstić information content (AvgIpc) is 2.87. The molecule has 0 aliphatic carbocycles. The van der Waals surface area contributed by atoms with Crippen molar-refractivity contribution in [3.63, 3.8) is 0 Å². The van der Waals surface area contributed by atoms with Crippen molar-refractivity contribution in [1.82, 2.24) is 4.90 Å². The van der Waals surface area contributed by atoms with Gasteiger partial charge in [-0.25, -0.2) is 0 Å². The van der Waals surface area contributed by atoms with E-state index in [2.05, 4.69) is 5.73 Å². The van der Waals surface area contributed by atoms with E-state index in [1.807, 2.05) is 30.3 Å². The molecule has 0 unspecified atom stereocenters. The number of benzene rings is 1. The lowest BCUT2D eigenvalue weighted by Gasteiger charge is -2.26. The van der Waals surface area contributed by atoms with Crippen molar-refractivity contribution in [2.24, 2.45) is 0 Å². The highest BCUT2D eigenvalue weighted by molar-refractivity contribution is 5.86. The fraction of sp³-hybridized carbons (Fsp3) is 0.385. The Labute approximate surface area is 105 Å². The van der Waals surface area contributed by atoms with Gasteiger partial charge in [-0.05, 0) is 12.8 Å². The second-order valence-electron chi connectivity index (χ2n) is 4.47. The van der Waals surface area contributed by atoms with Gasteiger partial charge in [-0.2, -0.15) is 0 Å². The Morgan fingerprint density at radius 2 is 2.00 bits per heavy atom. The minimum Gasteiger partial charge on any atom is -0.548 e. The molecular formula is C13H16N2O3. The molecular weight excluding hydrogens is 232 g/mol. The van der Waals surface area contributed by atoms with E-state index in [-0.39, 0.29) is 5.91 Å². The molecule has 5 nitrogen and oxygen atoms in total. The quantitative estimate of drug-likeness (QED) is 0.722. The lowest BCUT2D eigenvalue weighted by Crippen LogP contribution is -2.62. The minimum absolute atomic E-state index is 0.243. The molecule has 1 aromatic carbocycles. The van der Waals surface area contributed by atoms with E-state index >= 15 is 0 Å². The van der Waals surface area contributed by atoms with E-state index in [0.29, 0.717) is 19.4 Å². The predicted molar refractivity (Wildman–Crippen MR) is 61.8 cm³/mol. The average molecular weight is 248 g/mol. The van der Waals surface area contributed by atoms with Crippen LogP contribution < -0.4 is 10.8 Å². The fourth-order valence-corrected chi connectivity index (χ4v) is 2.30. The van der Waals surface area contributed by atoms with Crippen LogP contribution in [0.1, 0.15) is 24.4 Å². The molecule has 5 heteroatoms. The highest BCUT2D eigenvalue weighted by Gasteiger charge is 2.34. The molecule has 0 bridgehead atoms. The first kappa shape index (κ1) is 12.6. The number of carbonyl (C=O) groups is 2. The molecule has 1 heterocycles. The molecule has 96 valence electrons. The van der Waals surface area contributed by atoms with E-state index in [9.17, 15) is 14.7 Å². The van der Waals surface area contributed by atoms with E-state index in [1.165, 1.54) is 4.90 Å². The molecule has 18 heavy (non-hydrogen) atoms. The highest BCUT2D eigenvalue weighted by Crippen LogP contribution is 2.21. The zero-order valence-electron chi connectivity index (χ0n) is 10.0. The molecule has 1 fully saturated rings. The highest BCUT2D eigenvalue weighted by atomic mass is 16.4. The molecule has 2 rings (SSSR count). The van der Waals surface area contributed by atoms with Crippen LogP contribution >= 0.6 is 0 Å². The predicted octanol–water partition coefficient (Wildman–Crippen LogP) is -1.29. The first-order chi connectivity index (χ1) is 8.61. The van der Waals surface area contributed by atoms with Gasteiger partial charge >= 0.3 is 0 Å². The van der Waals surface area contributed by atoms with Crippen molar-refractivity contribution in [2.75, 3.05) is 6.54 Å². The molecule has 1 amide bonds. The third-order valence-corrected chi connectivity index (χ3v) is 3.31. The first-order valence-corrected chi connectivity index (χ1v) is 6.00. The summed E-state index contributed by atoms with van der Waals surface area (Å²) >= 11 is 0. The van der Waals surface area contributed by atoms with Gasteiger partial charge < -0.3 is 20.5 Å². The molecule has 1 aliphatic rings. The SMILES string of the molecule is [NH3+][C@@H](C(=O)N1CCC[C@H]1C(=O)[O-])c1ccccc1. The molecule has 3 N–H and O–H groups in total. The molecule has 1 aromatic rings. The van der Waals surface area contributed by atoms with Crippen LogP contribution in [0.15, 0.2) is 30.3 Å². The number of hydrogen-bond donors (Lipinski definition) is 1. The number of rotatable bonds is 3. The lowest BCUT2D eigenvalue weighted by molar-refractivity contribution is -0.412. The topological polar surface area (TPSA) is 88.1 Å². The number of amides is 1. The van der Waals surface area contributed by atoms with Crippen LogP contribution in [0.25, 0.3) is 0 Å². The molecule has 1 saturated heterocycles.